The molecule has 3 aromatic rings. The predicted octanol–water partition coefficient (Wildman–Crippen LogP) is 6.14. The Balaban J connectivity index is 0.000000579. The van der Waals surface area contributed by atoms with Crippen LogP contribution in [0.1, 0.15) is 108 Å². The Bertz CT molecular complexity index is 1610. The number of carboxylic acid groups (broad SMARTS) is 2. The number of piperidine rings is 1. The average molecular weight is 663 g/mol. The highest BCUT2D eigenvalue weighted by molar-refractivity contribution is 6.21. The molecule has 48 heavy (non-hydrogen) atoms. The van der Waals surface area contributed by atoms with Crippen molar-refractivity contribution < 1.29 is 38.6 Å². The van der Waals surface area contributed by atoms with Crippen LogP contribution in [0.3, 0.4) is 0 Å². The molecule has 1 saturated heterocycles. The van der Waals surface area contributed by atoms with Gasteiger partial charge in [-0.2, -0.15) is 9.78 Å². The van der Waals surface area contributed by atoms with Gasteiger partial charge in [0.15, 0.2) is 0 Å². The summed E-state index contributed by atoms with van der Waals surface area (Å²) in [5.41, 5.74) is 2.37. The zero-order chi connectivity index (χ0) is 34.6. The van der Waals surface area contributed by atoms with Crippen molar-refractivity contribution in [2.75, 3.05) is 26.2 Å². The molecule has 2 aromatic carbocycles. The summed E-state index contributed by atoms with van der Waals surface area (Å²) < 4.78 is 15.6. The van der Waals surface area contributed by atoms with Gasteiger partial charge in [-0.05, 0) is 56.6 Å². The van der Waals surface area contributed by atoms with E-state index in [1.165, 1.54) is 47.4 Å². The molecule has 12 heteroatoms. The van der Waals surface area contributed by atoms with Gasteiger partial charge in [0.1, 0.15) is 5.82 Å². The summed E-state index contributed by atoms with van der Waals surface area (Å²) in [5, 5.41) is 21.2. The molecule has 5 rings (SSSR count). The van der Waals surface area contributed by atoms with Crippen LogP contribution in [0.2, 0.25) is 0 Å². The number of likely N-dealkylation sites (tertiary alicyclic amines) is 1. The minimum absolute atomic E-state index is 0.0752. The SMILES string of the molecule is CCCCCCCCCC(=O)n1nc(C2CCN(CCN3C(=O)c4ccccc4C3=O)CC2)c2ccc(F)cc21.O=C(O)C=CC(=O)O. The van der Waals surface area contributed by atoms with Gasteiger partial charge in [0, 0.05) is 49.0 Å². The molecule has 3 heterocycles. The van der Waals surface area contributed by atoms with Gasteiger partial charge in [-0.3, -0.25) is 19.3 Å². The molecule has 0 aliphatic carbocycles. The van der Waals surface area contributed by atoms with Crippen LogP contribution in [0.4, 0.5) is 4.39 Å². The molecule has 0 saturated carbocycles. The van der Waals surface area contributed by atoms with E-state index in [4.69, 9.17) is 15.3 Å². The Morgan fingerprint density at radius 2 is 1.44 bits per heavy atom. The van der Waals surface area contributed by atoms with Crippen molar-refractivity contribution in [2.45, 2.75) is 77.0 Å². The van der Waals surface area contributed by atoms with Gasteiger partial charge in [0.05, 0.1) is 22.3 Å². The van der Waals surface area contributed by atoms with E-state index in [2.05, 4.69) is 11.8 Å². The smallest absolute Gasteiger partial charge is 0.328 e. The Morgan fingerprint density at radius 1 is 0.854 bits per heavy atom. The molecule has 256 valence electrons. The minimum atomic E-state index is -1.26. The van der Waals surface area contributed by atoms with Crippen LogP contribution in [0, 0.1) is 5.82 Å². The lowest BCUT2D eigenvalue weighted by atomic mass is 9.91. The zero-order valence-electron chi connectivity index (χ0n) is 27.3. The second-order valence-electron chi connectivity index (χ2n) is 12.2. The molecule has 0 bridgehead atoms. The normalized spacial score (nSPS) is 15.2. The summed E-state index contributed by atoms with van der Waals surface area (Å²) in [4.78, 5) is 61.2. The number of carbonyl (C=O) groups excluding carboxylic acids is 3. The maximum atomic E-state index is 14.2. The van der Waals surface area contributed by atoms with Gasteiger partial charge < -0.3 is 15.1 Å². The second-order valence-corrected chi connectivity index (χ2v) is 12.2. The van der Waals surface area contributed by atoms with Crippen molar-refractivity contribution in [2.24, 2.45) is 0 Å². The second kappa shape index (κ2) is 17.4. The molecule has 2 aliphatic rings. The monoisotopic (exact) mass is 662 g/mol. The largest absolute Gasteiger partial charge is 0.478 e. The van der Waals surface area contributed by atoms with E-state index in [1.807, 2.05) is 0 Å². The lowest BCUT2D eigenvalue weighted by Gasteiger charge is -2.32. The molecular formula is C36H43FN4O7. The van der Waals surface area contributed by atoms with Crippen molar-refractivity contribution in [3.05, 3.63) is 77.3 Å². The van der Waals surface area contributed by atoms with Crippen molar-refractivity contribution in [1.29, 1.82) is 0 Å². The van der Waals surface area contributed by atoms with Gasteiger partial charge in [0.2, 0.25) is 5.91 Å². The molecule has 0 radical (unpaired) electrons. The lowest BCUT2D eigenvalue weighted by Crippen LogP contribution is -2.41. The third kappa shape index (κ3) is 9.43. The first-order chi connectivity index (χ1) is 23.1. The van der Waals surface area contributed by atoms with Crippen LogP contribution in [0.15, 0.2) is 54.6 Å². The number of aliphatic carboxylic acids is 2. The fraction of sp³-hybridized carbons (Fsp3) is 0.444. The Hall–Kier alpha value is -4.71. The van der Waals surface area contributed by atoms with E-state index in [9.17, 15) is 28.4 Å². The molecule has 2 amide bonds. The van der Waals surface area contributed by atoms with E-state index < -0.39 is 11.9 Å². The summed E-state index contributed by atoms with van der Waals surface area (Å²) in [5.74, 6) is -3.24. The molecule has 2 aliphatic heterocycles. The fourth-order valence-electron chi connectivity index (χ4n) is 6.20. The van der Waals surface area contributed by atoms with Gasteiger partial charge in [0.25, 0.3) is 11.8 Å². The van der Waals surface area contributed by atoms with E-state index in [0.717, 1.165) is 56.3 Å². The number of nitrogens with zero attached hydrogens (tertiary/aromatic N) is 4. The highest BCUT2D eigenvalue weighted by Crippen LogP contribution is 2.33. The number of fused-ring (bicyclic) bond motifs is 2. The van der Waals surface area contributed by atoms with Crippen molar-refractivity contribution in [1.82, 2.24) is 19.6 Å². The number of halogens is 1. The third-order valence-corrected chi connectivity index (χ3v) is 8.76. The number of rotatable bonds is 14. The number of unbranched alkanes of at least 4 members (excludes halogenated alkanes) is 6. The standard InChI is InChI=1S/C32H39FN4O3.C4H4O4/c1-2-3-4-5-6-7-8-13-29(38)37-28-22-24(33)14-15-27(28)30(34-37)23-16-18-35(19-17-23)20-21-36-31(39)25-11-9-10-12-26(25)32(36)40;5-3(6)1-2-4(7)8/h9-12,14-15,22-23H,2-8,13,16-21H2,1H3;1-2H,(H,5,6)(H,7,8). The van der Waals surface area contributed by atoms with Crippen LogP contribution >= 0.6 is 0 Å². The van der Waals surface area contributed by atoms with Gasteiger partial charge in [-0.1, -0.05) is 57.6 Å². The first kappa shape index (κ1) is 36.1. The fourth-order valence-corrected chi connectivity index (χ4v) is 6.20. The van der Waals surface area contributed by atoms with E-state index in [-0.39, 0.29) is 29.5 Å². The highest BCUT2D eigenvalue weighted by atomic mass is 19.1. The number of amides is 2. The van der Waals surface area contributed by atoms with Crippen LogP contribution < -0.4 is 0 Å². The van der Waals surface area contributed by atoms with Crippen LogP contribution in [0.5, 0.6) is 0 Å². The number of hydrogen-bond acceptors (Lipinski definition) is 7. The van der Waals surface area contributed by atoms with Crippen molar-refractivity contribution in [3.63, 3.8) is 0 Å². The topological polar surface area (TPSA) is 150 Å². The highest BCUT2D eigenvalue weighted by Gasteiger charge is 2.35. The number of carboxylic acids is 2. The first-order valence-corrected chi connectivity index (χ1v) is 16.6. The molecule has 0 atom stereocenters. The number of carbonyl (C=O) groups is 5. The van der Waals surface area contributed by atoms with Gasteiger partial charge in [-0.15, -0.1) is 0 Å². The Labute approximate surface area is 279 Å². The predicted molar refractivity (Wildman–Crippen MR) is 178 cm³/mol. The number of benzene rings is 2. The van der Waals surface area contributed by atoms with Crippen LogP contribution in [-0.2, 0) is 9.59 Å². The van der Waals surface area contributed by atoms with E-state index >= 15 is 0 Å². The molecule has 11 nitrogen and oxygen atoms in total. The minimum Gasteiger partial charge on any atom is -0.478 e. The number of aromatic nitrogens is 2. The molecular weight excluding hydrogens is 619 g/mol. The molecule has 0 unspecified atom stereocenters. The quantitative estimate of drug-likeness (QED) is 0.118. The summed E-state index contributed by atoms with van der Waals surface area (Å²) in [7, 11) is 0. The number of hydrogen-bond donors (Lipinski definition) is 2. The Morgan fingerprint density at radius 3 is 2.02 bits per heavy atom. The zero-order valence-corrected chi connectivity index (χ0v) is 27.3. The van der Waals surface area contributed by atoms with Crippen LogP contribution in [-0.4, -0.2) is 85.6 Å². The maximum Gasteiger partial charge on any atom is 0.328 e. The summed E-state index contributed by atoms with van der Waals surface area (Å²) >= 11 is 0. The lowest BCUT2D eigenvalue weighted by molar-refractivity contribution is -0.134. The van der Waals surface area contributed by atoms with Crippen LogP contribution in [0.25, 0.3) is 10.9 Å². The average Bonchev–Trinajstić information content (AvgIpc) is 3.57. The molecule has 2 N–H and O–H groups in total. The van der Waals surface area contributed by atoms with E-state index in [1.54, 1.807) is 30.3 Å². The summed E-state index contributed by atoms with van der Waals surface area (Å²) in [6.45, 7) is 4.79. The maximum absolute atomic E-state index is 14.2. The van der Waals surface area contributed by atoms with Crippen molar-refractivity contribution in [3.8, 4) is 0 Å². The molecule has 0 spiro atoms. The van der Waals surface area contributed by atoms with Crippen molar-refractivity contribution >= 4 is 40.6 Å². The van der Waals surface area contributed by atoms with Gasteiger partial charge in [-0.25, -0.2) is 14.0 Å². The van der Waals surface area contributed by atoms with Gasteiger partial charge >= 0.3 is 11.9 Å². The summed E-state index contributed by atoms with van der Waals surface area (Å²) in [6, 6.07) is 11.6. The Kier molecular flexibility index (Phi) is 13.1. The number of imide groups is 1. The van der Waals surface area contributed by atoms with E-state index in [0.29, 0.717) is 48.3 Å². The first-order valence-electron chi connectivity index (χ1n) is 16.6. The molecule has 1 aromatic heterocycles. The third-order valence-electron chi connectivity index (χ3n) is 8.76. The summed E-state index contributed by atoms with van der Waals surface area (Å²) in [6.07, 6.45) is 11.1. The molecule has 1 fully saturated rings.